The zero-order valence-corrected chi connectivity index (χ0v) is 4.78. The molecule has 0 heterocycles. The van der Waals surface area contributed by atoms with Crippen molar-refractivity contribution in [2.24, 2.45) is 0 Å². The van der Waals surface area contributed by atoms with Gasteiger partial charge < -0.3 is 0 Å². The van der Waals surface area contributed by atoms with E-state index in [9.17, 15) is 0 Å². The van der Waals surface area contributed by atoms with Crippen molar-refractivity contribution >= 4 is 20.0 Å². The van der Waals surface area contributed by atoms with Gasteiger partial charge in [0.15, 0.2) is 0 Å². The SMILES string of the molecule is C#C.O=S(=O)(O)Cl. The Morgan fingerprint density at radius 1 is 1.43 bits per heavy atom. The molecule has 0 aromatic carbocycles. The maximum Gasteiger partial charge on any atom is 0.353 e. The molecule has 0 aromatic rings. The molecule has 0 aromatic heterocycles. The lowest BCUT2D eigenvalue weighted by atomic mass is 11.4. The lowest BCUT2D eigenvalue weighted by Crippen LogP contribution is -1.77. The molecule has 0 amide bonds. The van der Waals surface area contributed by atoms with Crippen LogP contribution in [0, 0.1) is 12.8 Å². The number of rotatable bonds is 0. The van der Waals surface area contributed by atoms with E-state index in [-0.39, 0.29) is 0 Å². The second kappa shape index (κ2) is 3.93. The minimum Gasteiger partial charge on any atom is -0.273 e. The highest BCUT2D eigenvalue weighted by Gasteiger charge is 1.86. The Balaban J connectivity index is 0. The van der Waals surface area contributed by atoms with Crippen LogP contribution in [0.1, 0.15) is 0 Å². The second-order valence-electron chi connectivity index (χ2n) is 0.412. The van der Waals surface area contributed by atoms with Gasteiger partial charge >= 0.3 is 9.33 Å². The predicted molar refractivity (Wildman–Crippen MR) is 27.3 cm³/mol. The average Bonchev–Trinajstić information content (AvgIpc) is 1.36. The first-order valence-corrected chi connectivity index (χ1v) is 3.27. The fourth-order valence-electron chi connectivity index (χ4n) is 0. The fraction of sp³-hybridized carbons (Fsp3) is 0. The molecule has 42 valence electrons. The lowest BCUT2D eigenvalue weighted by Gasteiger charge is -1.65. The highest BCUT2D eigenvalue weighted by atomic mass is 35.7. The standard InChI is InChI=1S/C2H2.ClHO3S/c1-2;1-5(2,3)4/h1-2H;(H,2,3,4). The Kier molecular flexibility index (Phi) is 5.56. The van der Waals surface area contributed by atoms with Crippen LogP contribution in [0.5, 0.6) is 0 Å². The molecule has 7 heavy (non-hydrogen) atoms. The number of hydrogen-bond acceptors (Lipinski definition) is 2. The maximum atomic E-state index is 8.95. The first kappa shape index (κ1) is 9.90. The molecule has 0 spiro atoms. The van der Waals surface area contributed by atoms with Crippen LogP contribution >= 0.6 is 10.7 Å². The molecule has 0 aliphatic carbocycles. The van der Waals surface area contributed by atoms with E-state index in [0.29, 0.717) is 0 Å². The minimum atomic E-state index is -4.19. The van der Waals surface area contributed by atoms with E-state index in [2.05, 4.69) is 23.5 Å². The van der Waals surface area contributed by atoms with Gasteiger partial charge in [0, 0.05) is 10.7 Å². The average molecular weight is 143 g/mol. The third kappa shape index (κ3) is 1410. The van der Waals surface area contributed by atoms with Crippen LogP contribution in [-0.2, 0) is 9.33 Å². The van der Waals surface area contributed by atoms with Crippen LogP contribution < -0.4 is 0 Å². The molecule has 0 bridgehead atoms. The van der Waals surface area contributed by atoms with Crippen molar-refractivity contribution in [2.75, 3.05) is 0 Å². The van der Waals surface area contributed by atoms with E-state index in [1.807, 2.05) is 0 Å². The fourth-order valence-corrected chi connectivity index (χ4v) is 0. The van der Waals surface area contributed by atoms with Gasteiger partial charge in [0.25, 0.3) is 0 Å². The van der Waals surface area contributed by atoms with Crippen molar-refractivity contribution in [2.45, 2.75) is 0 Å². The van der Waals surface area contributed by atoms with Crippen LogP contribution in [0.3, 0.4) is 0 Å². The Hall–Kier alpha value is -0.240. The van der Waals surface area contributed by atoms with E-state index in [4.69, 9.17) is 13.0 Å². The summed E-state index contributed by atoms with van der Waals surface area (Å²) in [6.45, 7) is 0. The van der Waals surface area contributed by atoms with Gasteiger partial charge in [0.2, 0.25) is 0 Å². The highest BCUT2D eigenvalue weighted by Crippen LogP contribution is 1.82. The molecule has 0 unspecified atom stereocenters. The summed E-state index contributed by atoms with van der Waals surface area (Å²) in [5.41, 5.74) is 0. The molecule has 3 nitrogen and oxygen atoms in total. The summed E-state index contributed by atoms with van der Waals surface area (Å²) >= 11 is 0. The molecule has 0 fully saturated rings. The molecule has 0 aliphatic rings. The molecule has 0 saturated carbocycles. The smallest absolute Gasteiger partial charge is 0.273 e. The third-order valence-corrected chi connectivity index (χ3v) is 0. The van der Waals surface area contributed by atoms with E-state index >= 15 is 0 Å². The van der Waals surface area contributed by atoms with Gasteiger partial charge in [-0.05, 0) is 0 Å². The van der Waals surface area contributed by atoms with Crippen molar-refractivity contribution < 1.29 is 13.0 Å². The maximum absolute atomic E-state index is 8.95. The number of halogens is 1. The van der Waals surface area contributed by atoms with Crippen LogP contribution in [0.15, 0.2) is 0 Å². The van der Waals surface area contributed by atoms with Crippen LogP contribution in [0.25, 0.3) is 0 Å². The quantitative estimate of drug-likeness (QED) is 0.300. The van der Waals surface area contributed by atoms with Gasteiger partial charge in [-0.25, -0.2) is 0 Å². The van der Waals surface area contributed by atoms with Gasteiger partial charge in [-0.2, -0.15) is 8.42 Å². The predicted octanol–water partition coefficient (Wildman–Crippen LogP) is 0.277. The van der Waals surface area contributed by atoms with Gasteiger partial charge in [-0.1, -0.05) is 0 Å². The second-order valence-corrected chi connectivity index (χ2v) is 2.41. The topological polar surface area (TPSA) is 54.4 Å². The first-order chi connectivity index (χ1) is 3.00. The summed E-state index contributed by atoms with van der Waals surface area (Å²) in [5.74, 6) is 0. The molecule has 1 N–H and O–H groups in total. The summed E-state index contributed by atoms with van der Waals surface area (Å²) in [6, 6.07) is 0. The molecule has 0 saturated heterocycles. The summed E-state index contributed by atoms with van der Waals surface area (Å²) in [6.07, 6.45) is 8.00. The van der Waals surface area contributed by atoms with Crippen molar-refractivity contribution in [3.63, 3.8) is 0 Å². The zero-order chi connectivity index (χ0) is 6.50. The summed E-state index contributed by atoms with van der Waals surface area (Å²) in [7, 11) is -0.137. The Labute approximate surface area is 46.5 Å². The van der Waals surface area contributed by atoms with Crippen molar-refractivity contribution in [1.29, 1.82) is 0 Å². The van der Waals surface area contributed by atoms with Gasteiger partial charge in [0.1, 0.15) is 0 Å². The van der Waals surface area contributed by atoms with E-state index in [1.54, 1.807) is 0 Å². The van der Waals surface area contributed by atoms with Crippen molar-refractivity contribution in [3.05, 3.63) is 0 Å². The molecular weight excluding hydrogens is 140 g/mol. The van der Waals surface area contributed by atoms with Crippen molar-refractivity contribution in [3.8, 4) is 12.8 Å². The van der Waals surface area contributed by atoms with Gasteiger partial charge in [0.05, 0.1) is 0 Å². The largest absolute Gasteiger partial charge is 0.353 e. The normalized spacial score (nSPS) is 8.57. The zero-order valence-electron chi connectivity index (χ0n) is 3.20. The van der Waals surface area contributed by atoms with Crippen LogP contribution in [0.4, 0.5) is 0 Å². The van der Waals surface area contributed by atoms with E-state index < -0.39 is 9.33 Å². The first-order valence-electron chi connectivity index (χ1n) is 1.00. The Morgan fingerprint density at radius 3 is 1.43 bits per heavy atom. The lowest BCUT2D eigenvalue weighted by molar-refractivity contribution is 0.501. The Morgan fingerprint density at radius 2 is 1.43 bits per heavy atom. The Bertz CT molecular complexity index is 124. The highest BCUT2D eigenvalue weighted by molar-refractivity contribution is 8.09. The molecule has 0 atom stereocenters. The van der Waals surface area contributed by atoms with E-state index in [0.717, 1.165) is 0 Å². The van der Waals surface area contributed by atoms with Gasteiger partial charge in [-0.3, -0.25) is 4.55 Å². The van der Waals surface area contributed by atoms with Crippen molar-refractivity contribution in [1.82, 2.24) is 0 Å². The summed E-state index contributed by atoms with van der Waals surface area (Å²) in [5, 5.41) is 0. The third-order valence-electron chi connectivity index (χ3n) is 0. The summed E-state index contributed by atoms with van der Waals surface area (Å²) in [4.78, 5) is 0. The monoisotopic (exact) mass is 142 g/mol. The van der Waals surface area contributed by atoms with Crippen LogP contribution in [-0.4, -0.2) is 13.0 Å². The molecule has 0 radical (unpaired) electrons. The van der Waals surface area contributed by atoms with Crippen LogP contribution in [0.2, 0.25) is 0 Å². The molecule has 0 aliphatic heterocycles. The molecule has 5 heteroatoms. The van der Waals surface area contributed by atoms with Gasteiger partial charge in [-0.15, -0.1) is 12.8 Å². The number of terminal acetylenes is 1. The van der Waals surface area contributed by atoms with E-state index in [1.165, 1.54) is 0 Å². The molecule has 0 rings (SSSR count). The number of hydrogen-bond donors (Lipinski definition) is 1. The minimum absolute atomic E-state index is 4.00. The molecular formula is C2H3ClO3S. The summed E-state index contributed by atoms with van der Waals surface area (Å²) < 4.78 is 25.2.